The molecule has 5 heteroatoms. The lowest BCUT2D eigenvalue weighted by Crippen LogP contribution is -1.99. The highest BCUT2D eigenvalue weighted by molar-refractivity contribution is 5.85. The topological polar surface area (TPSA) is 78.9 Å². The van der Waals surface area contributed by atoms with Gasteiger partial charge in [0.2, 0.25) is 0 Å². The van der Waals surface area contributed by atoms with Crippen LogP contribution >= 0.6 is 0 Å². The zero-order valence-corrected chi connectivity index (χ0v) is 7.14. The molecule has 0 aliphatic carbocycles. The van der Waals surface area contributed by atoms with Crippen LogP contribution in [0.3, 0.4) is 0 Å². The Morgan fingerprint density at radius 1 is 1.36 bits per heavy atom. The van der Waals surface area contributed by atoms with E-state index in [1.807, 2.05) is 0 Å². The molecule has 0 aliphatic heterocycles. The van der Waals surface area contributed by atoms with E-state index in [0.29, 0.717) is 0 Å². The average molecular weight is 189 g/mol. The summed E-state index contributed by atoms with van der Waals surface area (Å²) in [6.45, 7) is 0. The number of carboxylic acids is 1. The van der Waals surface area contributed by atoms with Gasteiger partial charge in [0.05, 0.1) is 18.2 Å². The average Bonchev–Trinajstić information content (AvgIpc) is 2.71. The van der Waals surface area contributed by atoms with Crippen LogP contribution in [-0.4, -0.2) is 26.0 Å². The van der Waals surface area contributed by atoms with E-state index < -0.39 is 5.97 Å². The van der Waals surface area contributed by atoms with Gasteiger partial charge in [0.15, 0.2) is 0 Å². The van der Waals surface area contributed by atoms with Crippen LogP contribution in [0.25, 0.3) is 11.3 Å². The summed E-state index contributed by atoms with van der Waals surface area (Å²) in [7, 11) is 0. The highest BCUT2D eigenvalue weighted by atomic mass is 16.4. The summed E-state index contributed by atoms with van der Waals surface area (Å²) in [5, 5.41) is 8.62. The molecule has 0 spiro atoms. The van der Waals surface area contributed by atoms with Crippen LogP contribution < -0.4 is 0 Å². The molecule has 0 saturated heterocycles. The predicted molar refractivity (Wildman–Crippen MR) is 48.8 cm³/mol. The maximum absolute atomic E-state index is 10.5. The highest BCUT2D eigenvalue weighted by Crippen LogP contribution is 2.14. The van der Waals surface area contributed by atoms with Gasteiger partial charge in [0.1, 0.15) is 5.69 Å². The summed E-state index contributed by atoms with van der Waals surface area (Å²) >= 11 is 0. The Morgan fingerprint density at radius 2 is 2.21 bits per heavy atom. The van der Waals surface area contributed by atoms with Gasteiger partial charge in [-0.2, -0.15) is 0 Å². The van der Waals surface area contributed by atoms with Crippen molar-refractivity contribution in [2.75, 3.05) is 0 Å². The van der Waals surface area contributed by atoms with E-state index in [9.17, 15) is 4.79 Å². The zero-order valence-electron chi connectivity index (χ0n) is 7.14. The quantitative estimate of drug-likeness (QED) is 0.743. The van der Waals surface area contributed by atoms with Crippen molar-refractivity contribution in [2.45, 2.75) is 0 Å². The van der Waals surface area contributed by atoms with E-state index in [0.717, 1.165) is 11.3 Å². The van der Waals surface area contributed by atoms with Crippen LogP contribution in [0.4, 0.5) is 0 Å². The number of carbonyl (C=O) groups is 1. The first-order chi connectivity index (χ1) is 6.77. The monoisotopic (exact) mass is 189 g/mol. The third-order valence-corrected chi connectivity index (χ3v) is 1.79. The second-order valence-electron chi connectivity index (χ2n) is 2.70. The van der Waals surface area contributed by atoms with Crippen molar-refractivity contribution in [3.63, 3.8) is 0 Å². The molecule has 0 bridgehead atoms. The molecule has 5 nitrogen and oxygen atoms in total. The highest BCUT2D eigenvalue weighted by Gasteiger charge is 2.04. The van der Waals surface area contributed by atoms with Gasteiger partial charge in [-0.25, -0.2) is 14.8 Å². The Labute approximate surface area is 79.5 Å². The van der Waals surface area contributed by atoms with Gasteiger partial charge in [0, 0.05) is 11.8 Å². The molecule has 0 radical (unpaired) electrons. The molecule has 0 aromatic carbocycles. The molecule has 14 heavy (non-hydrogen) atoms. The van der Waals surface area contributed by atoms with E-state index >= 15 is 0 Å². The largest absolute Gasteiger partial charge is 0.477 e. The third-order valence-electron chi connectivity index (χ3n) is 1.79. The summed E-state index contributed by atoms with van der Waals surface area (Å²) in [6, 6.07) is 3.14. The van der Waals surface area contributed by atoms with Gasteiger partial charge < -0.3 is 10.1 Å². The van der Waals surface area contributed by atoms with Crippen molar-refractivity contribution < 1.29 is 9.90 Å². The summed E-state index contributed by atoms with van der Waals surface area (Å²) in [4.78, 5) is 21.1. The molecule has 0 unspecified atom stereocenters. The Kier molecular flexibility index (Phi) is 1.98. The van der Waals surface area contributed by atoms with Crippen molar-refractivity contribution in [2.24, 2.45) is 0 Å². The number of aromatic amines is 1. The van der Waals surface area contributed by atoms with Gasteiger partial charge in [0.25, 0.3) is 0 Å². The first-order valence-corrected chi connectivity index (χ1v) is 3.95. The molecule has 0 fully saturated rings. The second-order valence-corrected chi connectivity index (χ2v) is 2.70. The van der Waals surface area contributed by atoms with Crippen LogP contribution in [0.1, 0.15) is 10.5 Å². The molecule has 2 aromatic rings. The van der Waals surface area contributed by atoms with Crippen molar-refractivity contribution in [1.82, 2.24) is 15.0 Å². The summed E-state index contributed by atoms with van der Waals surface area (Å²) in [5.41, 5.74) is 1.66. The van der Waals surface area contributed by atoms with Gasteiger partial charge in [-0.3, -0.25) is 0 Å². The lowest BCUT2D eigenvalue weighted by Gasteiger charge is -1.96. The fourth-order valence-corrected chi connectivity index (χ4v) is 1.09. The first kappa shape index (κ1) is 8.43. The van der Waals surface area contributed by atoms with Crippen LogP contribution in [0.15, 0.2) is 30.9 Å². The van der Waals surface area contributed by atoms with Crippen molar-refractivity contribution in [3.8, 4) is 11.3 Å². The van der Waals surface area contributed by atoms with Gasteiger partial charge in [-0.1, -0.05) is 0 Å². The Bertz CT molecular complexity index is 434. The number of nitrogens with one attached hydrogen (secondary N) is 1. The molecular weight excluding hydrogens is 182 g/mol. The molecule has 0 amide bonds. The van der Waals surface area contributed by atoms with Gasteiger partial charge >= 0.3 is 5.97 Å². The zero-order chi connectivity index (χ0) is 9.97. The fraction of sp³-hybridized carbons (Fsp3) is 0. The maximum atomic E-state index is 10.5. The summed E-state index contributed by atoms with van der Waals surface area (Å²) in [6.07, 6.45) is 4.70. The molecule has 0 saturated carbocycles. The Balaban J connectivity index is 2.36. The van der Waals surface area contributed by atoms with E-state index in [-0.39, 0.29) is 5.69 Å². The minimum Gasteiger partial charge on any atom is -0.477 e. The molecule has 70 valence electrons. The van der Waals surface area contributed by atoms with Crippen LogP contribution in [0.2, 0.25) is 0 Å². The third kappa shape index (κ3) is 1.47. The number of aromatic carboxylic acids is 1. The number of imidazole rings is 1. The number of H-pyrrole nitrogens is 1. The predicted octanol–water partition coefficient (Wildman–Crippen LogP) is 1.17. The SMILES string of the molecule is O=C(O)c1ccc(-c2cnc[nH]2)cn1. The van der Waals surface area contributed by atoms with Crippen molar-refractivity contribution in [3.05, 3.63) is 36.5 Å². The van der Waals surface area contributed by atoms with E-state index in [2.05, 4.69) is 15.0 Å². The molecular formula is C9H7N3O2. The maximum Gasteiger partial charge on any atom is 0.354 e. The van der Waals surface area contributed by atoms with E-state index in [4.69, 9.17) is 5.11 Å². The summed E-state index contributed by atoms with van der Waals surface area (Å²) < 4.78 is 0. The standard InChI is InChI=1S/C9H7N3O2/c13-9(14)7-2-1-6(3-11-7)8-4-10-5-12-8/h1-5H,(H,10,12)(H,13,14). The molecule has 0 atom stereocenters. The van der Waals surface area contributed by atoms with E-state index in [1.54, 1.807) is 18.6 Å². The lowest BCUT2D eigenvalue weighted by atomic mass is 10.2. The molecule has 0 aliphatic rings. The van der Waals surface area contributed by atoms with E-state index in [1.165, 1.54) is 12.3 Å². The van der Waals surface area contributed by atoms with Gasteiger partial charge in [-0.05, 0) is 12.1 Å². The number of carboxylic acid groups (broad SMARTS) is 1. The molecule has 2 heterocycles. The number of aromatic nitrogens is 3. The Morgan fingerprint density at radius 3 is 2.71 bits per heavy atom. The van der Waals surface area contributed by atoms with Gasteiger partial charge in [-0.15, -0.1) is 0 Å². The van der Waals surface area contributed by atoms with Crippen LogP contribution in [0, 0.1) is 0 Å². The lowest BCUT2D eigenvalue weighted by molar-refractivity contribution is 0.0690. The number of rotatable bonds is 2. The first-order valence-electron chi connectivity index (χ1n) is 3.95. The second kappa shape index (κ2) is 3.29. The number of hydrogen-bond acceptors (Lipinski definition) is 3. The molecule has 2 N–H and O–H groups in total. The number of hydrogen-bond donors (Lipinski definition) is 2. The summed E-state index contributed by atoms with van der Waals surface area (Å²) in [5.74, 6) is -1.03. The van der Waals surface area contributed by atoms with Crippen molar-refractivity contribution in [1.29, 1.82) is 0 Å². The number of nitrogens with zero attached hydrogens (tertiary/aromatic N) is 2. The molecule has 2 aromatic heterocycles. The normalized spacial score (nSPS) is 10.0. The van der Waals surface area contributed by atoms with Crippen LogP contribution in [-0.2, 0) is 0 Å². The molecule has 2 rings (SSSR count). The Hall–Kier alpha value is -2.17. The number of pyridine rings is 1. The van der Waals surface area contributed by atoms with Crippen LogP contribution in [0.5, 0.6) is 0 Å². The van der Waals surface area contributed by atoms with Crippen molar-refractivity contribution >= 4 is 5.97 Å². The minimum absolute atomic E-state index is 0.0354. The fourth-order valence-electron chi connectivity index (χ4n) is 1.09. The smallest absolute Gasteiger partial charge is 0.354 e. The minimum atomic E-state index is -1.03.